The fourth-order valence-electron chi connectivity index (χ4n) is 3.92. The van der Waals surface area contributed by atoms with Crippen molar-refractivity contribution >= 4 is 21.8 Å². The summed E-state index contributed by atoms with van der Waals surface area (Å²) in [6, 6.07) is 8.66. The predicted molar refractivity (Wildman–Crippen MR) is 89.7 cm³/mol. The van der Waals surface area contributed by atoms with Gasteiger partial charge in [0.1, 0.15) is 0 Å². The lowest BCUT2D eigenvalue weighted by molar-refractivity contribution is -0.124. The molecule has 0 spiro atoms. The molecule has 1 aromatic carbocycles. The Morgan fingerprint density at radius 2 is 2.05 bits per heavy atom. The van der Waals surface area contributed by atoms with E-state index in [4.69, 9.17) is 0 Å². The molecule has 0 aromatic heterocycles. The lowest BCUT2D eigenvalue weighted by Crippen LogP contribution is -2.50. The number of nitrogens with one attached hydrogen (secondary N) is 1. The van der Waals surface area contributed by atoms with Crippen LogP contribution in [0.25, 0.3) is 0 Å². The Morgan fingerprint density at radius 1 is 1.33 bits per heavy atom. The topological polar surface area (TPSA) is 29.1 Å². The van der Waals surface area contributed by atoms with Crippen molar-refractivity contribution in [3.63, 3.8) is 0 Å². The van der Waals surface area contributed by atoms with E-state index in [1.54, 1.807) is 0 Å². The van der Waals surface area contributed by atoms with Gasteiger partial charge in [-0.2, -0.15) is 0 Å². The predicted octanol–water partition coefficient (Wildman–Crippen LogP) is 4.03. The van der Waals surface area contributed by atoms with Gasteiger partial charge in [0.15, 0.2) is 0 Å². The number of hydrogen-bond donors (Lipinski definition) is 1. The van der Waals surface area contributed by atoms with E-state index in [1.165, 1.54) is 17.5 Å². The van der Waals surface area contributed by atoms with Crippen LogP contribution in [0.4, 0.5) is 0 Å². The van der Waals surface area contributed by atoms with Crippen LogP contribution < -0.4 is 5.32 Å². The zero-order chi connectivity index (χ0) is 15.0. The lowest BCUT2D eigenvalue weighted by Gasteiger charge is -2.31. The quantitative estimate of drug-likeness (QED) is 0.798. The minimum absolute atomic E-state index is 0.0810. The normalized spacial score (nSPS) is 26.7. The Kier molecular flexibility index (Phi) is 4.13. The molecule has 0 saturated heterocycles. The van der Waals surface area contributed by atoms with Crippen LogP contribution in [0.5, 0.6) is 0 Å². The highest BCUT2D eigenvalue weighted by Gasteiger charge is 2.57. The summed E-state index contributed by atoms with van der Waals surface area (Å²) in [5.41, 5.74) is 2.79. The Hall–Kier alpha value is -0.830. The summed E-state index contributed by atoms with van der Waals surface area (Å²) in [6.07, 6.45) is 4.24. The third-order valence-electron chi connectivity index (χ3n) is 5.63. The highest BCUT2D eigenvalue weighted by molar-refractivity contribution is 9.09. The number of alkyl halides is 1. The van der Waals surface area contributed by atoms with Crippen molar-refractivity contribution in [2.45, 2.75) is 51.0 Å². The summed E-state index contributed by atoms with van der Waals surface area (Å²) in [6.45, 7) is 4.31. The van der Waals surface area contributed by atoms with Crippen LogP contribution >= 0.6 is 15.9 Å². The van der Waals surface area contributed by atoms with Crippen LogP contribution in [0.3, 0.4) is 0 Å². The van der Waals surface area contributed by atoms with Crippen molar-refractivity contribution in [3.8, 4) is 0 Å². The number of halogens is 1. The molecule has 2 nitrogen and oxygen atoms in total. The first kappa shape index (κ1) is 15.1. The van der Waals surface area contributed by atoms with Crippen LogP contribution in [-0.4, -0.2) is 16.8 Å². The molecule has 1 amide bonds. The average molecular weight is 350 g/mol. The molecule has 0 bridgehead atoms. The molecule has 3 heteroatoms. The maximum atomic E-state index is 12.7. The van der Waals surface area contributed by atoms with Gasteiger partial charge in [-0.1, -0.05) is 54.0 Å². The summed E-state index contributed by atoms with van der Waals surface area (Å²) >= 11 is 3.58. The van der Waals surface area contributed by atoms with Crippen LogP contribution in [0.15, 0.2) is 24.3 Å². The standard InChI is InChI=1S/C18H24BrNO/c1-3-18(4-2,11-19)20-17(21)16-14-10-9-12-7-5-6-8-13(12)15(14)16/h5-8,14-16H,3-4,9-11H2,1-2H3,(H,20,21). The molecule has 0 aliphatic heterocycles. The molecule has 114 valence electrons. The van der Waals surface area contributed by atoms with Crippen molar-refractivity contribution in [1.82, 2.24) is 5.32 Å². The summed E-state index contributed by atoms with van der Waals surface area (Å²) < 4.78 is 0. The van der Waals surface area contributed by atoms with Crippen molar-refractivity contribution in [2.75, 3.05) is 5.33 Å². The van der Waals surface area contributed by atoms with Gasteiger partial charge in [-0.15, -0.1) is 0 Å². The number of benzene rings is 1. The zero-order valence-electron chi connectivity index (χ0n) is 12.9. The minimum Gasteiger partial charge on any atom is -0.350 e. The summed E-state index contributed by atoms with van der Waals surface area (Å²) in [5, 5.41) is 4.17. The molecule has 3 rings (SSSR count). The van der Waals surface area contributed by atoms with Gasteiger partial charge in [-0.25, -0.2) is 0 Å². The van der Waals surface area contributed by atoms with Gasteiger partial charge in [0.05, 0.1) is 0 Å². The summed E-state index contributed by atoms with van der Waals surface area (Å²) in [7, 11) is 0. The van der Waals surface area contributed by atoms with Gasteiger partial charge in [0.2, 0.25) is 5.91 Å². The van der Waals surface area contributed by atoms with E-state index >= 15 is 0 Å². The largest absolute Gasteiger partial charge is 0.350 e. The van der Waals surface area contributed by atoms with Gasteiger partial charge in [0.25, 0.3) is 0 Å². The number of aryl methyl sites for hydroxylation is 1. The van der Waals surface area contributed by atoms with E-state index in [1.807, 2.05) is 0 Å². The molecule has 1 fully saturated rings. The van der Waals surface area contributed by atoms with Gasteiger partial charge < -0.3 is 5.32 Å². The minimum atomic E-state index is -0.0810. The number of fused-ring (bicyclic) bond motifs is 3. The van der Waals surface area contributed by atoms with Crippen molar-refractivity contribution in [3.05, 3.63) is 35.4 Å². The first-order chi connectivity index (χ1) is 10.2. The first-order valence-corrected chi connectivity index (χ1v) is 9.23. The highest BCUT2D eigenvalue weighted by atomic mass is 79.9. The van der Waals surface area contributed by atoms with E-state index in [0.29, 0.717) is 11.8 Å². The van der Waals surface area contributed by atoms with Crippen LogP contribution in [0, 0.1) is 11.8 Å². The lowest BCUT2D eigenvalue weighted by atomic mass is 9.92. The monoisotopic (exact) mass is 349 g/mol. The van der Waals surface area contributed by atoms with Gasteiger partial charge in [-0.3, -0.25) is 4.79 Å². The zero-order valence-corrected chi connectivity index (χ0v) is 14.4. The smallest absolute Gasteiger partial charge is 0.224 e. The van der Waals surface area contributed by atoms with E-state index in [2.05, 4.69) is 59.4 Å². The van der Waals surface area contributed by atoms with Crippen LogP contribution in [0.2, 0.25) is 0 Å². The van der Waals surface area contributed by atoms with E-state index < -0.39 is 0 Å². The molecule has 3 atom stereocenters. The van der Waals surface area contributed by atoms with Crippen LogP contribution in [0.1, 0.15) is 50.2 Å². The number of hydrogen-bond acceptors (Lipinski definition) is 1. The van der Waals surface area contributed by atoms with Gasteiger partial charge in [0, 0.05) is 16.8 Å². The molecular formula is C18H24BrNO. The molecule has 2 aliphatic rings. The molecule has 1 aromatic rings. The number of carbonyl (C=O) groups is 1. The Morgan fingerprint density at radius 3 is 2.71 bits per heavy atom. The fourth-order valence-corrected chi connectivity index (χ4v) is 4.85. The fraction of sp³-hybridized carbons (Fsp3) is 0.611. The molecule has 0 heterocycles. The van der Waals surface area contributed by atoms with Crippen molar-refractivity contribution in [1.29, 1.82) is 0 Å². The maximum absolute atomic E-state index is 12.7. The van der Waals surface area contributed by atoms with Gasteiger partial charge in [-0.05, 0) is 48.6 Å². The molecule has 2 aliphatic carbocycles. The summed E-state index contributed by atoms with van der Waals surface area (Å²) in [4.78, 5) is 12.7. The van der Waals surface area contributed by atoms with Crippen molar-refractivity contribution in [2.24, 2.45) is 11.8 Å². The Balaban J connectivity index is 1.74. The second-order valence-corrected chi connectivity index (χ2v) is 7.12. The van der Waals surface area contributed by atoms with Gasteiger partial charge >= 0.3 is 0 Å². The van der Waals surface area contributed by atoms with E-state index in [0.717, 1.165) is 24.6 Å². The van der Waals surface area contributed by atoms with Crippen LogP contribution in [-0.2, 0) is 11.2 Å². The third-order valence-corrected chi connectivity index (χ3v) is 6.70. The molecular weight excluding hydrogens is 326 g/mol. The Labute approximate surface area is 135 Å². The second-order valence-electron chi connectivity index (χ2n) is 6.56. The third kappa shape index (κ3) is 2.54. The molecule has 1 N–H and O–H groups in total. The second kappa shape index (κ2) is 5.75. The molecule has 1 saturated carbocycles. The van der Waals surface area contributed by atoms with Crippen molar-refractivity contribution < 1.29 is 4.79 Å². The Bertz CT molecular complexity index is 530. The first-order valence-electron chi connectivity index (χ1n) is 8.11. The molecule has 3 unspecified atom stereocenters. The number of amides is 1. The maximum Gasteiger partial charge on any atom is 0.224 e. The van der Waals surface area contributed by atoms with E-state index in [9.17, 15) is 4.79 Å². The SMILES string of the molecule is CCC(CC)(CBr)NC(=O)C1C2CCc3ccccc3C21. The summed E-state index contributed by atoms with van der Waals surface area (Å²) in [5.74, 6) is 1.51. The number of carbonyl (C=O) groups excluding carboxylic acids is 1. The highest BCUT2D eigenvalue weighted by Crippen LogP contribution is 2.59. The molecule has 0 radical (unpaired) electrons. The van der Waals surface area contributed by atoms with E-state index in [-0.39, 0.29) is 17.4 Å². The average Bonchev–Trinajstić information content (AvgIpc) is 3.28. The number of rotatable bonds is 5. The molecule has 21 heavy (non-hydrogen) atoms.